The van der Waals surface area contributed by atoms with Crippen molar-refractivity contribution in [2.75, 3.05) is 31.6 Å². The second-order valence-electron chi connectivity index (χ2n) is 6.75. The lowest BCUT2D eigenvalue weighted by molar-refractivity contribution is -0.384. The highest BCUT2D eigenvalue weighted by Crippen LogP contribution is 2.37. The van der Waals surface area contributed by atoms with Gasteiger partial charge in [0.25, 0.3) is 12.1 Å². The molecule has 3 rings (SSSR count). The summed E-state index contributed by atoms with van der Waals surface area (Å²) in [6.45, 7) is 3.39. The fourth-order valence-corrected chi connectivity index (χ4v) is 3.94. The molecular formula is C17H22ClF2N3O3. The molecule has 0 saturated carbocycles. The van der Waals surface area contributed by atoms with E-state index in [-0.39, 0.29) is 22.4 Å². The Balaban J connectivity index is 1.66. The average molecular weight is 390 g/mol. The lowest BCUT2D eigenvalue weighted by Crippen LogP contribution is -2.46. The van der Waals surface area contributed by atoms with Crippen LogP contribution >= 0.6 is 11.6 Å². The lowest BCUT2D eigenvalue weighted by atomic mass is 9.99. The Labute approximate surface area is 155 Å². The number of nitro groups is 1. The number of nitro benzene ring substituents is 1. The van der Waals surface area contributed by atoms with Crippen molar-refractivity contribution in [3.63, 3.8) is 0 Å². The summed E-state index contributed by atoms with van der Waals surface area (Å²) < 4.78 is 31.3. The minimum absolute atomic E-state index is 0.0539. The van der Waals surface area contributed by atoms with E-state index in [9.17, 15) is 18.9 Å². The van der Waals surface area contributed by atoms with E-state index >= 15 is 0 Å². The van der Waals surface area contributed by atoms with Crippen molar-refractivity contribution in [1.82, 2.24) is 4.90 Å². The number of hydrogen-bond acceptors (Lipinski definition) is 5. The molecule has 1 aromatic rings. The molecule has 0 radical (unpaired) electrons. The Bertz CT molecular complexity index is 648. The van der Waals surface area contributed by atoms with Gasteiger partial charge in [0.1, 0.15) is 5.69 Å². The molecule has 0 unspecified atom stereocenters. The molecule has 2 aliphatic heterocycles. The predicted molar refractivity (Wildman–Crippen MR) is 95.1 cm³/mol. The normalized spacial score (nSPS) is 20.5. The average Bonchev–Trinajstić information content (AvgIpc) is 2.62. The summed E-state index contributed by atoms with van der Waals surface area (Å²) in [6, 6.07) is 2.70. The van der Waals surface area contributed by atoms with E-state index in [2.05, 4.69) is 10.2 Å². The molecule has 26 heavy (non-hydrogen) atoms. The zero-order chi connectivity index (χ0) is 18.7. The van der Waals surface area contributed by atoms with E-state index in [1.165, 1.54) is 6.07 Å². The third-order valence-electron chi connectivity index (χ3n) is 5.14. The Hall–Kier alpha value is -1.51. The first-order valence-corrected chi connectivity index (χ1v) is 9.18. The minimum atomic E-state index is -2.85. The van der Waals surface area contributed by atoms with Gasteiger partial charge < -0.3 is 15.0 Å². The van der Waals surface area contributed by atoms with Gasteiger partial charge in [0, 0.05) is 50.0 Å². The minimum Gasteiger partial charge on any atom is -0.381 e. The highest BCUT2D eigenvalue weighted by Gasteiger charge is 2.28. The molecule has 1 aromatic carbocycles. The maximum absolute atomic E-state index is 12.9. The number of rotatable bonds is 5. The SMILES string of the molecule is O=[N+]([O-])c1cc(C(F)F)c(Cl)cc1NC1CCN(C2CCOCC2)CC1. The maximum Gasteiger partial charge on any atom is 0.292 e. The Morgan fingerprint density at radius 1 is 1.23 bits per heavy atom. The van der Waals surface area contributed by atoms with Crippen LogP contribution in [-0.4, -0.2) is 48.2 Å². The molecule has 1 N–H and O–H groups in total. The van der Waals surface area contributed by atoms with Crippen LogP contribution in [0.3, 0.4) is 0 Å². The molecule has 0 amide bonds. The standard InChI is InChI=1S/C17H22ClF2N3O3/c18-14-10-15(16(23(24)25)9-13(14)17(19)20)21-11-1-5-22(6-2-11)12-3-7-26-8-4-12/h9-12,17,21H,1-8H2. The number of likely N-dealkylation sites (tertiary alicyclic amines) is 1. The van der Waals surface area contributed by atoms with Crippen molar-refractivity contribution < 1.29 is 18.4 Å². The van der Waals surface area contributed by atoms with Crippen LogP contribution in [0.5, 0.6) is 0 Å². The van der Waals surface area contributed by atoms with Gasteiger partial charge in [0.05, 0.1) is 9.95 Å². The quantitative estimate of drug-likeness (QED) is 0.602. The number of benzene rings is 1. The number of piperidine rings is 1. The zero-order valence-corrected chi connectivity index (χ0v) is 15.1. The van der Waals surface area contributed by atoms with Crippen molar-refractivity contribution in [3.05, 3.63) is 32.8 Å². The van der Waals surface area contributed by atoms with Gasteiger partial charge in [0.15, 0.2) is 0 Å². The van der Waals surface area contributed by atoms with Crippen LogP contribution in [0, 0.1) is 10.1 Å². The number of ether oxygens (including phenoxy) is 1. The van der Waals surface area contributed by atoms with Crippen LogP contribution in [0.25, 0.3) is 0 Å². The molecule has 2 aliphatic rings. The van der Waals surface area contributed by atoms with E-state index in [4.69, 9.17) is 16.3 Å². The summed E-state index contributed by atoms with van der Waals surface area (Å²) in [4.78, 5) is 13.1. The van der Waals surface area contributed by atoms with Gasteiger partial charge >= 0.3 is 0 Å². The first-order valence-electron chi connectivity index (χ1n) is 8.80. The van der Waals surface area contributed by atoms with E-state index in [0.717, 1.165) is 58.1 Å². The number of halogens is 3. The maximum atomic E-state index is 12.9. The molecule has 144 valence electrons. The molecule has 0 spiro atoms. The van der Waals surface area contributed by atoms with Gasteiger partial charge in [-0.1, -0.05) is 11.6 Å². The highest BCUT2D eigenvalue weighted by molar-refractivity contribution is 6.31. The molecule has 6 nitrogen and oxygen atoms in total. The third kappa shape index (κ3) is 4.42. The molecule has 0 aromatic heterocycles. The van der Waals surface area contributed by atoms with Gasteiger partial charge in [-0.3, -0.25) is 10.1 Å². The molecule has 0 atom stereocenters. The second-order valence-corrected chi connectivity index (χ2v) is 7.15. The van der Waals surface area contributed by atoms with Crippen molar-refractivity contribution >= 4 is 23.0 Å². The number of nitrogens with one attached hydrogen (secondary N) is 1. The van der Waals surface area contributed by atoms with E-state index in [0.29, 0.717) is 6.04 Å². The van der Waals surface area contributed by atoms with Crippen molar-refractivity contribution in [3.8, 4) is 0 Å². The Morgan fingerprint density at radius 3 is 2.46 bits per heavy atom. The van der Waals surface area contributed by atoms with Crippen molar-refractivity contribution in [2.24, 2.45) is 0 Å². The van der Waals surface area contributed by atoms with Gasteiger partial charge in [-0.15, -0.1) is 0 Å². The van der Waals surface area contributed by atoms with Gasteiger partial charge in [-0.05, 0) is 31.7 Å². The second kappa shape index (κ2) is 8.45. The third-order valence-corrected chi connectivity index (χ3v) is 5.47. The van der Waals surface area contributed by atoms with Crippen molar-refractivity contribution in [2.45, 2.75) is 44.2 Å². The van der Waals surface area contributed by atoms with Crippen LogP contribution < -0.4 is 5.32 Å². The van der Waals surface area contributed by atoms with Crippen LogP contribution in [-0.2, 0) is 4.74 Å². The Morgan fingerprint density at radius 2 is 1.88 bits per heavy atom. The number of hydrogen-bond donors (Lipinski definition) is 1. The molecular weight excluding hydrogens is 368 g/mol. The molecule has 2 fully saturated rings. The summed E-state index contributed by atoms with van der Waals surface area (Å²) >= 11 is 5.88. The molecule has 0 aliphatic carbocycles. The summed E-state index contributed by atoms with van der Waals surface area (Å²) in [5.41, 5.74) is -0.677. The number of alkyl halides is 2. The predicted octanol–water partition coefficient (Wildman–Crippen LogP) is 4.24. The van der Waals surface area contributed by atoms with Crippen molar-refractivity contribution in [1.29, 1.82) is 0 Å². The topological polar surface area (TPSA) is 67.6 Å². The largest absolute Gasteiger partial charge is 0.381 e. The molecule has 2 heterocycles. The van der Waals surface area contributed by atoms with Crippen LogP contribution in [0.15, 0.2) is 12.1 Å². The van der Waals surface area contributed by atoms with E-state index < -0.39 is 16.9 Å². The van der Waals surface area contributed by atoms with Gasteiger partial charge in [-0.2, -0.15) is 0 Å². The monoisotopic (exact) mass is 389 g/mol. The molecule has 2 saturated heterocycles. The number of nitrogens with zero attached hydrogens (tertiary/aromatic N) is 2. The first-order chi connectivity index (χ1) is 12.5. The first kappa shape index (κ1) is 19.3. The summed E-state index contributed by atoms with van der Waals surface area (Å²) in [7, 11) is 0. The highest BCUT2D eigenvalue weighted by atomic mass is 35.5. The van der Waals surface area contributed by atoms with Crippen LogP contribution in [0.2, 0.25) is 5.02 Å². The smallest absolute Gasteiger partial charge is 0.292 e. The van der Waals surface area contributed by atoms with Crippen LogP contribution in [0.1, 0.15) is 37.7 Å². The van der Waals surface area contributed by atoms with E-state index in [1.807, 2.05) is 0 Å². The lowest BCUT2D eigenvalue weighted by Gasteiger charge is -2.39. The summed E-state index contributed by atoms with van der Waals surface area (Å²) in [5, 5.41) is 14.2. The molecule has 9 heteroatoms. The van der Waals surface area contributed by atoms with Gasteiger partial charge in [-0.25, -0.2) is 8.78 Å². The van der Waals surface area contributed by atoms with Gasteiger partial charge in [0.2, 0.25) is 0 Å². The van der Waals surface area contributed by atoms with Crippen LogP contribution in [0.4, 0.5) is 20.2 Å². The Kier molecular flexibility index (Phi) is 6.26. The summed E-state index contributed by atoms with van der Waals surface area (Å²) in [5.74, 6) is 0. The van der Waals surface area contributed by atoms with E-state index in [1.54, 1.807) is 0 Å². The zero-order valence-electron chi connectivity index (χ0n) is 14.3. The summed E-state index contributed by atoms with van der Waals surface area (Å²) in [6.07, 6.45) is 0.895. The number of anilines is 1. The molecule has 0 bridgehead atoms. The fourth-order valence-electron chi connectivity index (χ4n) is 3.69. The fraction of sp³-hybridized carbons (Fsp3) is 0.647.